The number of carbonyl (C=O) groups is 1. The minimum atomic E-state index is -4.43. The number of nitrogens with zero attached hydrogens (tertiary/aromatic N) is 1. The number of allylic oxidation sites excluding steroid dienone is 1. The van der Waals surface area contributed by atoms with Gasteiger partial charge in [0.15, 0.2) is 4.87 Å². The van der Waals surface area contributed by atoms with Gasteiger partial charge in [-0.2, -0.15) is 0 Å². The van der Waals surface area contributed by atoms with Crippen molar-refractivity contribution in [1.82, 2.24) is 10.3 Å². The van der Waals surface area contributed by atoms with Crippen molar-refractivity contribution in [3.63, 3.8) is 0 Å². The normalized spacial score (nSPS) is 16.1. The SMILES string of the molecule is COc1ccc(CC2(S(=O)(=O)c3cc(F)c4[nH]cc(C(=O)NCc5ccc(Cl)cc5)c(=O)c4c3)C=CC=N2)c(OC)c1. The molecule has 0 aliphatic carbocycles. The molecule has 12 heteroatoms. The Bertz CT molecular complexity index is 1910. The first-order chi connectivity index (χ1) is 20.1. The summed E-state index contributed by atoms with van der Waals surface area (Å²) in [6.07, 6.45) is 5.19. The molecular weight excluding hydrogens is 585 g/mol. The van der Waals surface area contributed by atoms with Gasteiger partial charge in [0.1, 0.15) is 22.9 Å². The van der Waals surface area contributed by atoms with Gasteiger partial charge in [0.05, 0.1) is 30.0 Å². The second-order valence-corrected chi connectivity index (χ2v) is 12.1. The number of nitrogens with one attached hydrogen (secondary N) is 2. The van der Waals surface area contributed by atoms with Gasteiger partial charge in [-0.3, -0.25) is 14.6 Å². The highest BCUT2D eigenvalue weighted by Gasteiger charge is 2.45. The molecule has 0 saturated carbocycles. The zero-order valence-electron chi connectivity index (χ0n) is 22.5. The first kappa shape index (κ1) is 29.0. The summed E-state index contributed by atoms with van der Waals surface area (Å²) in [5, 5.41) is 2.87. The van der Waals surface area contributed by atoms with Crippen LogP contribution < -0.4 is 20.2 Å². The van der Waals surface area contributed by atoms with Gasteiger partial charge < -0.3 is 19.8 Å². The number of amides is 1. The highest BCUT2D eigenvalue weighted by Crippen LogP contribution is 2.38. The lowest BCUT2D eigenvalue weighted by atomic mass is 10.0. The number of benzene rings is 3. The number of methoxy groups -OCH3 is 2. The molecule has 1 unspecified atom stereocenters. The van der Waals surface area contributed by atoms with Crippen LogP contribution in [-0.4, -0.2) is 44.6 Å². The van der Waals surface area contributed by atoms with Crippen LogP contribution in [-0.2, 0) is 22.8 Å². The van der Waals surface area contributed by atoms with E-state index in [2.05, 4.69) is 15.3 Å². The molecule has 1 atom stereocenters. The predicted octanol–water partition coefficient (Wildman–Crippen LogP) is 4.62. The van der Waals surface area contributed by atoms with Crippen LogP contribution in [0.1, 0.15) is 21.5 Å². The molecule has 4 aromatic rings. The van der Waals surface area contributed by atoms with Gasteiger partial charge in [-0.15, -0.1) is 0 Å². The zero-order chi connectivity index (χ0) is 30.1. The number of hydrogen-bond donors (Lipinski definition) is 2. The quantitative estimate of drug-likeness (QED) is 0.285. The Hall–Kier alpha value is -4.48. The van der Waals surface area contributed by atoms with Crippen LogP contribution in [0.3, 0.4) is 0 Å². The number of hydrogen-bond acceptors (Lipinski definition) is 7. The van der Waals surface area contributed by atoms with Crippen molar-refractivity contribution in [3.8, 4) is 11.5 Å². The number of aromatic amines is 1. The van der Waals surface area contributed by atoms with E-state index in [1.807, 2.05) is 0 Å². The predicted molar refractivity (Wildman–Crippen MR) is 158 cm³/mol. The molecular formula is C30H25ClFN3O6S. The fraction of sp³-hybridized carbons (Fsp3) is 0.167. The number of aromatic nitrogens is 1. The average Bonchev–Trinajstić information content (AvgIpc) is 3.47. The summed E-state index contributed by atoms with van der Waals surface area (Å²) in [6.45, 7) is 0.109. The Balaban J connectivity index is 1.53. The van der Waals surface area contributed by atoms with Crippen molar-refractivity contribution in [2.24, 2.45) is 4.99 Å². The van der Waals surface area contributed by atoms with E-state index in [1.165, 1.54) is 32.6 Å². The third-order valence-corrected chi connectivity index (χ3v) is 9.40. The lowest BCUT2D eigenvalue weighted by Crippen LogP contribution is -2.36. The van der Waals surface area contributed by atoms with Gasteiger partial charge in [0, 0.05) is 36.5 Å². The van der Waals surface area contributed by atoms with Crippen LogP contribution in [0.2, 0.25) is 5.02 Å². The number of carbonyl (C=O) groups excluding carboxylic acids is 1. The van der Waals surface area contributed by atoms with Gasteiger partial charge >= 0.3 is 0 Å². The van der Waals surface area contributed by atoms with Crippen molar-refractivity contribution in [3.05, 3.63) is 111 Å². The molecule has 0 spiro atoms. The third-order valence-electron chi connectivity index (χ3n) is 6.97. The number of fused-ring (bicyclic) bond motifs is 1. The van der Waals surface area contributed by atoms with Crippen LogP contribution in [0.15, 0.2) is 87.6 Å². The highest BCUT2D eigenvalue weighted by atomic mass is 35.5. The van der Waals surface area contributed by atoms with Crippen molar-refractivity contribution < 1.29 is 27.1 Å². The van der Waals surface area contributed by atoms with Gasteiger partial charge in [0.2, 0.25) is 15.3 Å². The number of rotatable bonds is 9. The van der Waals surface area contributed by atoms with Crippen LogP contribution in [0.25, 0.3) is 10.9 Å². The monoisotopic (exact) mass is 609 g/mol. The molecule has 1 amide bonds. The minimum absolute atomic E-state index is 0.109. The Kier molecular flexibility index (Phi) is 7.89. The Morgan fingerprint density at radius 1 is 1.10 bits per heavy atom. The Morgan fingerprint density at radius 2 is 1.86 bits per heavy atom. The molecule has 1 aliphatic rings. The average molecular weight is 610 g/mol. The van der Waals surface area contributed by atoms with E-state index in [0.29, 0.717) is 22.1 Å². The number of aliphatic imine (C=N–C) groups is 1. The van der Waals surface area contributed by atoms with E-state index >= 15 is 4.39 Å². The molecule has 0 radical (unpaired) electrons. The highest BCUT2D eigenvalue weighted by molar-refractivity contribution is 7.93. The smallest absolute Gasteiger partial charge is 0.257 e. The molecule has 1 aliphatic heterocycles. The van der Waals surface area contributed by atoms with Crippen LogP contribution in [0.4, 0.5) is 4.39 Å². The fourth-order valence-corrected chi connectivity index (χ4v) is 6.57. The minimum Gasteiger partial charge on any atom is -0.497 e. The van der Waals surface area contributed by atoms with E-state index in [9.17, 15) is 18.0 Å². The molecule has 5 rings (SSSR count). The van der Waals surface area contributed by atoms with Gasteiger partial charge in [0.25, 0.3) is 5.91 Å². The standard InChI is InChI=1S/C30H25ClFN3O6S/c1-40-21-9-6-19(26(12-21)41-2)15-30(10-3-11-35-30)42(38,39)22-13-23-27(25(32)14-22)33-17-24(28(23)36)29(37)34-16-18-4-7-20(31)8-5-18/h3-14,17H,15-16H2,1-2H3,(H,33,36)(H,34,37). The largest absolute Gasteiger partial charge is 0.497 e. The van der Waals surface area contributed by atoms with Gasteiger partial charge in [-0.25, -0.2) is 12.8 Å². The first-order valence-electron chi connectivity index (χ1n) is 12.6. The van der Waals surface area contributed by atoms with Crippen molar-refractivity contribution >= 4 is 44.5 Å². The molecule has 0 fully saturated rings. The summed E-state index contributed by atoms with van der Waals surface area (Å²) in [7, 11) is -1.49. The number of H-pyrrole nitrogens is 1. The number of pyridine rings is 1. The molecule has 2 heterocycles. The lowest BCUT2D eigenvalue weighted by Gasteiger charge is -2.26. The van der Waals surface area contributed by atoms with Crippen molar-refractivity contribution in [1.29, 1.82) is 0 Å². The second-order valence-electron chi connectivity index (χ2n) is 9.51. The number of halogens is 2. The molecule has 0 bridgehead atoms. The Labute approximate surface area is 245 Å². The first-order valence-corrected chi connectivity index (χ1v) is 14.5. The summed E-state index contributed by atoms with van der Waals surface area (Å²) in [4.78, 5) is 30.8. The van der Waals surface area contributed by atoms with Crippen LogP contribution >= 0.6 is 11.6 Å². The van der Waals surface area contributed by atoms with Crippen LogP contribution in [0.5, 0.6) is 11.5 Å². The van der Waals surface area contributed by atoms with Crippen molar-refractivity contribution in [2.45, 2.75) is 22.7 Å². The number of sulfone groups is 1. The fourth-order valence-electron chi connectivity index (χ4n) is 4.71. The second kappa shape index (κ2) is 11.4. The molecule has 2 N–H and O–H groups in total. The maximum atomic E-state index is 15.3. The summed E-state index contributed by atoms with van der Waals surface area (Å²) < 4.78 is 54.2. The lowest BCUT2D eigenvalue weighted by molar-refractivity contribution is 0.0949. The molecule has 0 saturated heterocycles. The zero-order valence-corrected chi connectivity index (χ0v) is 24.1. The molecule has 9 nitrogen and oxygen atoms in total. The third kappa shape index (κ3) is 5.28. The van der Waals surface area contributed by atoms with Crippen molar-refractivity contribution in [2.75, 3.05) is 14.2 Å². The molecule has 1 aromatic heterocycles. The summed E-state index contributed by atoms with van der Waals surface area (Å²) >= 11 is 5.89. The maximum Gasteiger partial charge on any atom is 0.257 e. The van der Waals surface area contributed by atoms with E-state index in [0.717, 1.165) is 23.9 Å². The van der Waals surface area contributed by atoms with E-state index in [4.69, 9.17) is 21.1 Å². The number of ether oxygens (including phenoxy) is 2. The molecule has 42 heavy (non-hydrogen) atoms. The molecule has 216 valence electrons. The van der Waals surface area contributed by atoms with Crippen LogP contribution in [0, 0.1) is 5.82 Å². The van der Waals surface area contributed by atoms with Gasteiger partial charge in [-0.05, 0) is 53.6 Å². The summed E-state index contributed by atoms with van der Waals surface area (Å²) in [5.41, 5.74) is -0.103. The Morgan fingerprint density at radius 3 is 2.52 bits per heavy atom. The molecule has 3 aromatic carbocycles. The summed E-state index contributed by atoms with van der Waals surface area (Å²) in [5.74, 6) is -0.788. The summed E-state index contributed by atoms with van der Waals surface area (Å²) in [6, 6.07) is 13.6. The van der Waals surface area contributed by atoms with E-state index in [-0.39, 0.29) is 29.4 Å². The topological polar surface area (TPSA) is 127 Å². The van der Waals surface area contributed by atoms with E-state index in [1.54, 1.807) is 42.5 Å². The van der Waals surface area contributed by atoms with Gasteiger partial charge in [-0.1, -0.05) is 29.8 Å². The maximum absolute atomic E-state index is 15.3. The van der Waals surface area contributed by atoms with E-state index < -0.39 is 36.8 Å².